The molecule has 0 unspecified atom stereocenters. The first kappa shape index (κ1) is 37.8. The van der Waals surface area contributed by atoms with Crippen molar-refractivity contribution in [3.8, 4) is 0 Å². The van der Waals surface area contributed by atoms with Gasteiger partial charge in [-0.2, -0.15) is 22.0 Å². The molecular formula is C36H57F5O4S. The topological polar surface area (TPSA) is 71.4 Å². The Morgan fingerprint density at radius 2 is 1.37 bits per heavy atom. The molecule has 0 aromatic heterocycles. The zero-order chi connectivity index (χ0) is 34.0. The predicted molar refractivity (Wildman–Crippen MR) is 171 cm³/mol. The van der Waals surface area contributed by atoms with Crippen LogP contribution < -0.4 is 0 Å². The Hall–Kier alpha value is -1.03. The van der Waals surface area contributed by atoms with E-state index in [9.17, 15) is 40.3 Å². The highest BCUT2D eigenvalue weighted by Gasteiger charge is 2.64. The van der Waals surface area contributed by atoms with Crippen LogP contribution in [0.15, 0.2) is 11.6 Å². The van der Waals surface area contributed by atoms with Gasteiger partial charge < -0.3 is 5.11 Å². The van der Waals surface area contributed by atoms with Crippen LogP contribution in [-0.4, -0.2) is 48.5 Å². The lowest BCUT2D eigenvalue weighted by atomic mass is 9.44. The van der Waals surface area contributed by atoms with Gasteiger partial charge in [0, 0.05) is 12.8 Å². The van der Waals surface area contributed by atoms with E-state index in [1.165, 1.54) is 18.4 Å². The number of allylic oxidation sites excluding steroid dienone is 1. The fourth-order valence-electron chi connectivity index (χ4n) is 9.97. The third-order valence-corrected chi connectivity index (χ3v) is 14.9. The van der Waals surface area contributed by atoms with Gasteiger partial charge in [-0.1, -0.05) is 70.8 Å². The highest BCUT2D eigenvalue weighted by Crippen LogP contribution is 2.69. The fourth-order valence-corrected chi connectivity index (χ4v) is 11.4. The lowest BCUT2D eigenvalue weighted by molar-refractivity contribution is -0.284. The Morgan fingerprint density at radius 1 is 0.804 bits per heavy atom. The van der Waals surface area contributed by atoms with Gasteiger partial charge in [-0.3, -0.25) is 4.79 Å². The standard InChI is InChI=1S/C36H57F5O4S/c1-32-19-15-28(42)25-27(32)24-26(31-29(32)16-20-33(2)30(31)17-21-34(33,3)43)14-11-9-7-5-4-6-8-10-12-22-46(44,45)23-13-18-35(37,38)36(39,40)41/h25-26,29-31,43H,4-24H2,1-3H3/t26-,29+,30+,31-,32+,33+,34+/m1/s1. The maximum Gasteiger partial charge on any atom is 0.453 e. The van der Waals surface area contributed by atoms with Crippen molar-refractivity contribution in [1.82, 2.24) is 0 Å². The van der Waals surface area contributed by atoms with Gasteiger partial charge in [0.25, 0.3) is 0 Å². The summed E-state index contributed by atoms with van der Waals surface area (Å²) in [6, 6.07) is 0. The van der Waals surface area contributed by atoms with Gasteiger partial charge in [0.15, 0.2) is 5.78 Å². The molecule has 3 fully saturated rings. The molecule has 266 valence electrons. The third kappa shape index (κ3) is 8.22. The molecule has 10 heteroatoms. The summed E-state index contributed by atoms with van der Waals surface area (Å²) in [6.07, 6.45) is 10.8. The second-order valence-electron chi connectivity index (χ2n) is 16.0. The molecule has 0 amide bonds. The average Bonchev–Trinajstić information content (AvgIpc) is 3.19. The molecule has 4 rings (SSSR count). The number of rotatable bonds is 16. The first-order valence-corrected chi connectivity index (χ1v) is 19.8. The van der Waals surface area contributed by atoms with E-state index in [1.54, 1.807) is 0 Å². The molecule has 46 heavy (non-hydrogen) atoms. The monoisotopic (exact) mass is 680 g/mol. The zero-order valence-electron chi connectivity index (χ0n) is 28.2. The molecule has 0 radical (unpaired) electrons. The van der Waals surface area contributed by atoms with E-state index < -0.39 is 46.1 Å². The molecule has 0 aromatic carbocycles. The van der Waals surface area contributed by atoms with E-state index in [-0.39, 0.29) is 22.4 Å². The van der Waals surface area contributed by atoms with Gasteiger partial charge in [-0.05, 0) is 105 Å². The number of carbonyl (C=O) groups is 1. The predicted octanol–water partition coefficient (Wildman–Crippen LogP) is 9.79. The van der Waals surface area contributed by atoms with Crippen molar-refractivity contribution in [2.45, 2.75) is 160 Å². The number of ketones is 1. The van der Waals surface area contributed by atoms with Crippen LogP contribution in [0.5, 0.6) is 0 Å². The number of halogens is 5. The summed E-state index contributed by atoms with van der Waals surface area (Å²) in [5.74, 6) is -3.09. The molecule has 0 heterocycles. The maximum atomic E-state index is 13.0. The summed E-state index contributed by atoms with van der Waals surface area (Å²) >= 11 is 0. The molecule has 4 nitrogen and oxygen atoms in total. The molecule has 3 saturated carbocycles. The smallest absolute Gasteiger partial charge is 0.390 e. The van der Waals surface area contributed by atoms with Crippen LogP contribution >= 0.6 is 0 Å². The van der Waals surface area contributed by atoms with Crippen LogP contribution in [-0.2, 0) is 14.6 Å². The summed E-state index contributed by atoms with van der Waals surface area (Å²) in [6.45, 7) is 6.80. The SMILES string of the molecule is C[C@]12CCC(=O)C=C1C[C@@H](CCCCCCCCCCCS(=O)(=O)CCCC(F)(F)C(F)(F)F)[C@@H]1[C@@H]2CC[C@@]2(C)[C@H]1CC[C@]2(C)O. The van der Waals surface area contributed by atoms with Gasteiger partial charge in [0.05, 0.1) is 17.1 Å². The minimum absolute atomic E-state index is 0.0347. The summed E-state index contributed by atoms with van der Waals surface area (Å²) < 4.78 is 86.8. The van der Waals surface area contributed by atoms with E-state index in [0.29, 0.717) is 42.9 Å². The minimum atomic E-state index is -5.65. The number of aliphatic hydroxyl groups is 1. The molecule has 0 aliphatic heterocycles. The van der Waals surface area contributed by atoms with Gasteiger partial charge in [-0.15, -0.1) is 0 Å². The van der Waals surface area contributed by atoms with Crippen molar-refractivity contribution >= 4 is 15.6 Å². The molecule has 1 N–H and O–H groups in total. The Kier molecular flexibility index (Phi) is 11.9. The first-order valence-electron chi connectivity index (χ1n) is 17.9. The molecule has 0 saturated heterocycles. The number of hydrogen-bond donors (Lipinski definition) is 1. The minimum Gasteiger partial charge on any atom is -0.390 e. The van der Waals surface area contributed by atoms with E-state index in [2.05, 4.69) is 20.8 Å². The average molecular weight is 681 g/mol. The van der Waals surface area contributed by atoms with Crippen LogP contribution in [0.3, 0.4) is 0 Å². The van der Waals surface area contributed by atoms with Crippen molar-refractivity contribution in [3.05, 3.63) is 11.6 Å². The highest BCUT2D eigenvalue weighted by atomic mass is 32.2. The van der Waals surface area contributed by atoms with Gasteiger partial charge in [0.2, 0.25) is 0 Å². The Balaban J connectivity index is 1.15. The lowest BCUT2D eigenvalue weighted by Crippen LogP contribution is -2.56. The van der Waals surface area contributed by atoms with Crippen molar-refractivity contribution < 1.29 is 40.3 Å². The second kappa shape index (κ2) is 14.4. The van der Waals surface area contributed by atoms with E-state index in [4.69, 9.17) is 0 Å². The summed E-state index contributed by atoms with van der Waals surface area (Å²) in [5, 5.41) is 11.4. The molecule has 0 bridgehead atoms. The number of carbonyl (C=O) groups excluding carboxylic acids is 1. The lowest BCUT2D eigenvalue weighted by Gasteiger charge is -2.61. The Bertz CT molecular complexity index is 1200. The number of unbranched alkanes of at least 4 members (excludes halogenated alkanes) is 8. The zero-order valence-corrected chi connectivity index (χ0v) is 29.0. The maximum absolute atomic E-state index is 13.0. The molecule has 4 aliphatic rings. The number of hydrogen-bond acceptors (Lipinski definition) is 4. The van der Waals surface area contributed by atoms with Crippen molar-refractivity contribution in [3.63, 3.8) is 0 Å². The van der Waals surface area contributed by atoms with Crippen LogP contribution in [0.25, 0.3) is 0 Å². The second-order valence-corrected chi connectivity index (χ2v) is 18.3. The van der Waals surface area contributed by atoms with Crippen molar-refractivity contribution in [2.75, 3.05) is 11.5 Å². The van der Waals surface area contributed by atoms with E-state index in [0.717, 1.165) is 77.0 Å². The highest BCUT2D eigenvalue weighted by molar-refractivity contribution is 7.91. The molecule has 0 spiro atoms. The first-order chi connectivity index (χ1) is 21.3. The van der Waals surface area contributed by atoms with Crippen molar-refractivity contribution in [2.24, 2.45) is 34.5 Å². The van der Waals surface area contributed by atoms with Gasteiger partial charge in [-0.25, -0.2) is 8.42 Å². The quantitative estimate of drug-likeness (QED) is 0.130. The van der Waals surface area contributed by atoms with Crippen LogP contribution in [0.1, 0.15) is 143 Å². The largest absolute Gasteiger partial charge is 0.453 e. The fraction of sp³-hybridized carbons (Fsp3) is 0.917. The number of fused-ring (bicyclic) bond motifs is 5. The van der Waals surface area contributed by atoms with Crippen molar-refractivity contribution in [1.29, 1.82) is 0 Å². The normalized spacial score (nSPS) is 35.0. The van der Waals surface area contributed by atoms with Crippen LogP contribution in [0.2, 0.25) is 0 Å². The van der Waals surface area contributed by atoms with Gasteiger partial charge >= 0.3 is 12.1 Å². The summed E-state index contributed by atoms with van der Waals surface area (Å²) in [5.41, 5.74) is 0.858. The molecular weight excluding hydrogens is 623 g/mol. The number of alkyl halides is 5. The third-order valence-electron chi connectivity index (χ3n) is 13.1. The molecule has 7 atom stereocenters. The van der Waals surface area contributed by atoms with E-state index in [1.807, 2.05) is 6.08 Å². The van der Waals surface area contributed by atoms with Crippen LogP contribution in [0, 0.1) is 34.5 Å². The Labute approximate surface area is 273 Å². The number of sulfone groups is 1. The summed E-state index contributed by atoms with van der Waals surface area (Å²) in [4.78, 5) is 12.4. The van der Waals surface area contributed by atoms with E-state index >= 15 is 0 Å². The molecule has 0 aromatic rings. The Morgan fingerprint density at radius 3 is 2.00 bits per heavy atom. The van der Waals surface area contributed by atoms with Crippen LogP contribution in [0.4, 0.5) is 22.0 Å². The summed E-state index contributed by atoms with van der Waals surface area (Å²) in [7, 11) is -3.63. The van der Waals surface area contributed by atoms with Gasteiger partial charge in [0.1, 0.15) is 9.84 Å². The molecule has 4 aliphatic carbocycles.